The van der Waals surface area contributed by atoms with Crippen molar-refractivity contribution in [1.82, 2.24) is 25.1 Å². The molecular formula is C22H28N6O. The molecular weight excluding hydrogens is 364 g/mol. The first-order valence-electron chi connectivity index (χ1n) is 10.2. The van der Waals surface area contributed by atoms with Crippen molar-refractivity contribution in [3.05, 3.63) is 66.0 Å². The monoisotopic (exact) mass is 392 g/mol. The SMILES string of the molecule is CC(C)Oc1ccc(-n2cnnn2)cc1CN1CCC[C@H](N)[C@@H]1c1ccccc1. The Morgan fingerprint density at radius 2 is 2.00 bits per heavy atom. The fraction of sp³-hybridized carbons (Fsp3) is 0.409. The zero-order chi connectivity index (χ0) is 20.2. The highest BCUT2D eigenvalue weighted by Crippen LogP contribution is 2.34. The lowest BCUT2D eigenvalue weighted by Crippen LogP contribution is -2.45. The van der Waals surface area contributed by atoms with Crippen molar-refractivity contribution < 1.29 is 4.74 Å². The summed E-state index contributed by atoms with van der Waals surface area (Å²) in [5, 5.41) is 11.5. The van der Waals surface area contributed by atoms with Crippen molar-refractivity contribution in [2.75, 3.05) is 6.54 Å². The van der Waals surface area contributed by atoms with Gasteiger partial charge in [-0.1, -0.05) is 30.3 Å². The third kappa shape index (κ3) is 4.46. The van der Waals surface area contributed by atoms with Crippen LogP contribution in [-0.2, 0) is 6.54 Å². The number of nitrogens with zero attached hydrogens (tertiary/aromatic N) is 5. The molecule has 1 aromatic heterocycles. The molecule has 152 valence electrons. The van der Waals surface area contributed by atoms with Gasteiger partial charge < -0.3 is 10.5 Å². The minimum Gasteiger partial charge on any atom is -0.491 e. The summed E-state index contributed by atoms with van der Waals surface area (Å²) in [4.78, 5) is 2.47. The Bertz CT molecular complexity index is 912. The first-order valence-corrected chi connectivity index (χ1v) is 10.2. The number of likely N-dealkylation sites (tertiary alicyclic amines) is 1. The average Bonchev–Trinajstić information content (AvgIpc) is 3.25. The molecule has 7 heteroatoms. The van der Waals surface area contributed by atoms with Crippen molar-refractivity contribution in [2.24, 2.45) is 5.73 Å². The molecule has 2 N–H and O–H groups in total. The summed E-state index contributed by atoms with van der Waals surface area (Å²) in [6, 6.07) is 17.0. The number of nitrogens with two attached hydrogens (primary N) is 1. The fourth-order valence-corrected chi connectivity index (χ4v) is 4.08. The van der Waals surface area contributed by atoms with Gasteiger partial charge in [0, 0.05) is 18.2 Å². The van der Waals surface area contributed by atoms with E-state index >= 15 is 0 Å². The molecule has 2 atom stereocenters. The molecule has 1 aliphatic heterocycles. The van der Waals surface area contributed by atoms with Gasteiger partial charge >= 0.3 is 0 Å². The Hall–Kier alpha value is -2.77. The maximum atomic E-state index is 6.58. The fourth-order valence-electron chi connectivity index (χ4n) is 4.08. The lowest BCUT2D eigenvalue weighted by Gasteiger charge is -2.40. The van der Waals surface area contributed by atoms with E-state index in [0.717, 1.165) is 42.9 Å². The molecule has 0 aliphatic carbocycles. The largest absolute Gasteiger partial charge is 0.491 e. The van der Waals surface area contributed by atoms with Crippen molar-refractivity contribution in [3.63, 3.8) is 0 Å². The van der Waals surface area contributed by atoms with Crippen LogP contribution in [0.25, 0.3) is 5.69 Å². The van der Waals surface area contributed by atoms with Crippen LogP contribution in [0.15, 0.2) is 54.9 Å². The molecule has 29 heavy (non-hydrogen) atoms. The molecule has 0 bridgehead atoms. The van der Waals surface area contributed by atoms with Crippen LogP contribution in [0.4, 0.5) is 0 Å². The first kappa shape index (κ1) is 19.5. The normalized spacial score (nSPS) is 20.1. The number of aromatic nitrogens is 4. The third-order valence-corrected chi connectivity index (χ3v) is 5.32. The van der Waals surface area contributed by atoms with Crippen LogP contribution in [-0.4, -0.2) is 43.8 Å². The third-order valence-electron chi connectivity index (χ3n) is 5.32. The first-order chi connectivity index (χ1) is 14.1. The van der Waals surface area contributed by atoms with Crippen LogP contribution in [0, 0.1) is 0 Å². The van der Waals surface area contributed by atoms with Crippen LogP contribution < -0.4 is 10.5 Å². The van der Waals surface area contributed by atoms with Gasteiger partial charge in [0.05, 0.1) is 17.8 Å². The van der Waals surface area contributed by atoms with Crippen LogP contribution in [0.5, 0.6) is 5.75 Å². The van der Waals surface area contributed by atoms with E-state index in [0.29, 0.717) is 0 Å². The van der Waals surface area contributed by atoms with Crippen LogP contribution in [0.3, 0.4) is 0 Å². The molecule has 1 aliphatic rings. The Morgan fingerprint density at radius 1 is 1.17 bits per heavy atom. The smallest absolute Gasteiger partial charge is 0.143 e. The average molecular weight is 393 g/mol. The van der Waals surface area contributed by atoms with E-state index in [9.17, 15) is 0 Å². The summed E-state index contributed by atoms with van der Waals surface area (Å²) in [6.07, 6.45) is 3.83. The number of tetrazole rings is 1. The van der Waals surface area contributed by atoms with E-state index in [2.05, 4.69) is 50.8 Å². The Morgan fingerprint density at radius 3 is 2.72 bits per heavy atom. The summed E-state index contributed by atoms with van der Waals surface area (Å²) in [6.45, 7) is 5.85. The molecule has 2 heterocycles. The van der Waals surface area contributed by atoms with Crippen molar-refractivity contribution >= 4 is 0 Å². The molecule has 0 unspecified atom stereocenters. The van der Waals surface area contributed by atoms with Gasteiger partial charge in [0.25, 0.3) is 0 Å². The maximum absolute atomic E-state index is 6.58. The number of rotatable bonds is 6. The summed E-state index contributed by atoms with van der Waals surface area (Å²) >= 11 is 0. The van der Waals surface area contributed by atoms with E-state index in [1.165, 1.54) is 5.56 Å². The number of hydrogen-bond acceptors (Lipinski definition) is 6. The Labute approximate surface area is 171 Å². The molecule has 0 radical (unpaired) electrons. The van der Waals surface area contributed by atoms with Gasteiger partial charge in [0.15, 0.2) is 0 Å². The molecule has 0 amide bonds. The van der Waals surface area contributed by atoms with E-state index in [1.807, 2.05) is 32.0 Å². The quantitative estimate of drug-likeness (QED) is 0.694. The van der Waals surface area contributed by atoms with Gasteiger partial charge in [-0.15, -0.1) is 5.10 Å². The lowest BCUT2D eigenvalue weighted by molar-refractivity contribution is 0.118. The molecule has 1 fully saturated rings. The van der Waals surface area contributed by atoms with Crippen LogP contribution in [0.2, 0.25) is 0 Å². The highest BCUT2D eigenvalue weighted by molar-refractivity contribution is 5.44. The van der Waals surface area contributed by atoms with Gasteiger partial charge in [-0.25, -0.2) is 4.68 Å². The summed E-state index contributed by atoms with van der Waals surface area (Å²) in [7, 11) is 0. The topological polar surface area (TPSA) is 82.1 Å². The van der Waals surface area contributed by atoms with Crippen LogP contribution >= 0.6 is 0 Å². The standard InChI is InChI=1S/C22H28N6O/c1-16(2)29-21-11-10-19(28-15-24-25-26-28)13-18(21)14-27-12-6-9-20(23)22(27)17-7-4-3-5-8-17/h3-5,7-8,10-11,13,15-16,20,22H,6,9,12,14,23H2,1-2H3/t20-,22-/m0/s1. The molecule has 0 saturated carbocycles. The molecule has 2 aromatic carbocycles. The summed E-state index contributed by atoms with van der Waals surface area (Å²) in [5.74, 6) is 0.891. The zero-order valence-electron chi connectivity index (χ0n) is 17.0. The van der Waals surface area contributed by atoms with Gasteiger partial charge in [0.2, 0.25) is 0 Å². The number of benzene rings is 2. The minimum atomic E-state index is 0.0983. The van der Waals surface area contributed by atoms with Gasteiger partial charge in [-0.2, -0.15) is 0 Å². The van der Waals surface area contributed by atoms with Crippen molar-refractivity contribution in [2.45, 2.75) is 51.4 Å². The minimum absolute atomic E-state index is 0.0983. The molecule has 4 rings (SSSR count). The van der Waals surface area contributed by atoms with E-state index in [1.54, 1.807) is 11.0 Å². The zero-order valence-corrected chi connectivity index (χ0v) is 17.0. The van der Waals surface area contributed by atoms with E-state index < -0.39 is 0 Å². The van der Waals surface area contributed by atoms with Gasteiger partial charge in [-0.3, -0.25) is 4.90 Å². The second-order valence-corrected chi connectivity index (χ2v) is 7.85. The molecule has 7 nitrogen and oxygen atoms in total. The van der Waals surface area contributed by atoms with Gasteiger partial charge in [0.1, 0.15) is 12.1 Å². The molecule has 3 aromatic rings. The summed E-state index contributed by atoms with van der Waals surface area (Å²) in [5.41, 5.74) is 9.87. The second-order valence-electron chi connectivity index (χ2n) is 7.85. The number of ether oxygens (including phenoxy) is 1. The van der Waals surface area contributed by atoms with E-state index in [-0.39, 0.29) is 18.2 Å². The Kier molecular flexibility index (Phi) is 5.87. The second kappa shape index (κ2) is 8.71. The molecule has 1 saturated heterocycles. The predicted molar refractivity (Wildman–Crippen MR) is 112 cm³/mol. The highest BCUT2D eigenvalue weighted by Gasteiger charge is 2.31. The van der Waals surface area contributed by atoms with Crippen molar-refractivity contribution in [3.8, 4) is 11.4 Å². The predicted octanol–water partition coefficient (Wildman–Crippen LogP) is 3.11. The lowest BCUT2D eigenvalue weighted by atomic mass is 9.90. The van der Waals surface area contributed by atoms with Crippen molar-refractivity contribution in [1.29, 1.82) is 0 Å². The number of piperidine rings is 1. The molecule has 0 spiro atoms. The highest BCUT2D eigenvalue weighted by atomic mass is 16.5. The summed E-state index contributed by atoms with van der Waals surface area (Å²) < 4.78 is 7.77. The number of hydrogen-bond donors (Lipinski definition) is 1. The Balaban J connectivity index is 1.67. The maximum Gasteiger partial charge on any atom is 0.143 e. The van der Waals surface area contributed by atoms with Crippen LogP contribution in [0.1, 0.15) is 43.9 Å². The van der Waals surface area contributed by atoms with E-state index in [4.69, 9.17) is 10.5 Å². The van der Waals surface area contributed by atoms with Gasteiger partial charge in [-0.05, 0) is 67.4 Å².